The molecular formula is C17H24N6O2S. The van der Waals surface area contributed by atoms with Crippen LogP contribution in [-0.4, -0.2) is 58.0 Å². The van der Waals surface area contributed by atoms with Crippen molar-refractivity contribution in [2.75, 3.05) is 19.8 Å². The van der Waals surface area contributed by atoms with Gasteiger partial charge in [-0.2, -0.15) is 10.2 Å². The normalized spacial score (nSPS) is 12.3. The molecule has 0 aliphatic rings. The molecule has 0 spiro atoms. The average Bonchev–Trinajstić information content (AvgIpc) is 3.12. The third kappa shape index (κ3) is 3.94. The molecule has 0 aliphatic heterocycles. The molecule has 0 fully saturated rings. The number of rotatable bonds is 7. The maximum absolute atomic E-state index is 11.7. The summed E-state index contributed by atoms with van der Waals surface area (Å²) in [5, 5.41) is 11.4. The molecule has 0 radical (unpaired) electrons. The number of fused-ring (bicyclic) bond motifs is 1. The Morgan fingerprint density at radius 3 is 2.69 bits per heavy atom. The Labute approximate surface area is 153 Å². The van der Waals surface area contributed by atoms with E-state index in [1.807, 2.05) is 13.1 Å². The van der Waals surface area contributed by atoms with E-state index >= 15 is 0 Å². The first-order chi connectivity index (χ1) is 12.3. The summed E-state index contributed by atoms with van der Waals surface area (Å²) in [6, 6.07) is 0. The molecule has 9 heteroatoms. The van der Waals surface area contributed by atoms with E-state index in [1.54, 1.807) is 6.20 Å². The quantitative estimate of drug-likeness (QED) is 0.672. The van der Waals surface area contributed by atoms with Gasteiger partial charge in [0.2, 0.25) is 0 Å². The number of nitrogens with zero attached hydrogens (tertiary/aromatic N) is 5. The topological polar surface area (TPSA) is 96.2 Å². The van der Waals surface area contributed by atoms with Crippen LogP contribution in [-0.2, 0) is 22.8 Å². The molecule has 8 nitrogen and oxygen atoms in total. The first-order valence-electron chi connectivity index (χ1n) is 8.47. The Morgan fingerprint density at radius 2 is 2.04 bits per heavy atom. The van der Waals surface area contributed by atoms with Crippen molar-refractivity contribution in [3.05, 3.63) is 41.1 Å². The van der Waals surface area contributed by atoms with E-state index in [2.05, 4.69) is 39.2 Å². The summed E-state index contributed by atoms with van der Waals surface area (Å²) in [5.74, 6) is 0. The molecule has 0 aliphatic carbocycles. The number of nitrogens with one attached hydrogen (secondary N) is 1. The Bertz CT molecular complexity index is 1000. The van der Waals surface area contributed by atoms with E-state index in [4.69, 9.17) is 0 Å². The molecule has 3 rings (SSSR count). The lowest BCUT2D eigenvalue weighted by atomic mass is 10.1. The molecule has 26 heavy (non-hydrogen) atoms. The zero-order valence-corrected chi connectivity index (χ0v) is 16.3. The largest absolute Gasteiger partial charge is 0.302 e. The Morgan fingerprint density at radius 1 is 1.27 bits per heavy atom. The van der Waals surface area contributed by atoms with Gasteiger partial charge in [0.25, 0.3) is 0 Å². The summed E-state index contributed by atoms with van der Waals surface area (Å²) in [6.07, 6.45) is 8.09. The molecule has 1 N–H and O–H groups in total. The lowest BCUT2D eigenvalue weighted by molar-refractivity contribution is 0.321. The van der Waals surface area contributed by atoms with Gasteiger partial charge in [0.15, 0.2) is 15.5 Å². The van der Waals surface area contributed by atoms with E-state index in [0.29, 0.717) is 5.65 Å². The van der Waals surface area contributed by atoms with Gasteiger partial charge in [0.1, 0.15) is 4.90 Å². The molecule has 3 heterocycles. The molecule has 140 valence electrons. The fourth-order valence-corrected chi connectivity index (χ4v) is 3.81. The molecule has 0 unspecified atom stereocenters. The van der Waals surface area contributed by atoms with Gasteiger partial charge in [-0.3, -0.25) is 5.10 Å². The lowest BCUT2D eigenvalue weighted by Gasteiger charge is -2.16. The molecule has 3 aromatic heterocycles. The summed E-state index contributed by atoms with van der Waals surface area (Å²) in [5.41, 5.74) is 4.86. The van der Waals surface area contributed by atoms with Gasteiger partial charge < -0.3 is 4.90 Å². The van der Waals surface area contributed by atoms with E-state index in [9.17, 15) is 8.42 Å². The van der Waals surface area contributed by atoms with Crippen LogP contribution in [0.5, 0.6) is 0 Å². The highest BCUT2D eigenvalue weighted by Gasteiger charge is 2.16. The van der Waals surface area contributed by atoms with Crippen LogP contribution in [0.4, 0.5) is 0 Å². The van der Waals surface area contributed by atoms with Crippen LogP contribution in [0.2, 0.25) is 0 Å². The zero-order chi connectivity index (χ0) is 18.9. The first-order valence-corrected chi connectivity index (χ1v) is 10.4. The van der Waals surface area contributed by atoms with Crippen molar-refractivity contribution in [2.24, 2.45) is 0 Å². The highest BCUT2D eigenvalue weighted by molar-refractivity contribution is 7.90. The van der Waals surface area contributed by atoms with Gasteiger partial charge in [-0.1, -0.05) is 0 Å². The van der Waals surface area contributed by atoms with Crippen molar-refractivity contribution in [1.29, 1.82) is 0 Å². The van der Waals surface area contributed by atoms with Gasteiger partial charge >= 0.3 is 0 Å². The Hall–Kier alpha value is -2.26. The van der Waals surface area contributed by atoms with Crippen molar-refractivity contribution in [3.63, 3.8) is 0 Å². The number of aromatic amines is 1. The molecular weight excluding hydrogens is 352 g/mol. The van der Waals surface area contributed by atoms with Gasteiger partial charge in [-0.05, 0) is 45.8 Å². The summed E-state index contributed by atoms with van der Waals surface area (Å²) in [4.78, 5) is 6.66. The van der Waals surface area contributed by atoms with Crippen LogP contribution in [0.3, 0.4) is 0 Å². The summed E-state index contributed by atoms with van der Waals surface area (Å²) >= 11 is 0. The van der Waals surface area contributed by atoms with Crippen LogP contribution < -0.4 is 0 Å². The predicted molar refractivity (Wildman–Crippen MR) is 98.8 cm³/mol. The minimum absolute atomic E-state index is 0.156. The Balaban J connectivity index is 1.61. The number of aryl methyl sites for hydroxylation is 2. The van der Waals surface area contributed by atoms with Crippen LogP contribution >= 0.6 is 0 Å². The highest BCUT2D eigenvalue weighted by atomic mass is 32.2. The van der Waals surface area contributed by atoms with Crippen LogP contribution in [0.15, 0.2) is 23.5 Å². The van der Waals surface area contributed by atoms with Crippen molar-refractivity contribution < 1.29 is 8.42 Å². The monoisotopic (exact) mass is 376 g/mol. The SMILES string of the molecule is Cc1n[nH]c(C)c1CCCN(C)Cc1cnc2c(S(C)(=O)=O)cnn2c1. The number of hydrogen-bond donors (Lipinski definition) is 1. The van der Waals surface area contributed by atoms with Crippen LogP contribution in [0.25, 0.3) is 5.65 Å². The molecule has 0 bridgehead atoms. The maximum atomic E-state index is 11.7. The van der Waals surface area contributed by atoms with Gasteiger partial charge in [-0.15, -0.1) is 0 Å². The number of H-pyrrole nitrogens is 1. The van der Waals surface area contributed by atoms with E-state index in [0.717, 1.165) is 49.1 Å². The summed E-state index contributed by atoms with van der Waals surface area (Å²) in [6.45, 7) is 5.74. The summed E-state index contributed by atoms with van der Waals surface area (Å²) < 4.78 is 25.0. The van der Waals surface area contributed by atoms with Gasteiger partial charge in [0.05, 0.1) is 11.9 Å². The number of hydrogen-bond acceptors (Lipinski definition) is 6. The smallest absolute Gasteiger partial charge is 0.180 e. The third-order valence-electron chi connectivity index (χ3n) is 4.48. The zero-order valence-electron chi connectivity index (χ0n) is 15.5. The predicted octanol–water partition coefficient (Wildman–Crippen LogP) is 1.54. The molecule has 0 atom stereocenters. The van der Waals surface area contributed by atoms with Crippen molar-refractivity contribution in [3.8, 4) is 0 Å². The summed E-state index contributed by atoms with van der Waals surface area (Å²) in [7, 11) is -1.27. The van der Waals surface area contributed by atoms with E-state index < -0.39 is 9.84 Å². The fraction of sp³-hybridized carbons (Fsp3) is 0.471. The second-order valence-corrected chi connectivity index (χ2v) is 8.75. The standard InChI is InChI=1S/C17H24N6O2S/c1-12-15(13(2)21-20-12)6-5-7-22(3)10-14-8-18-17-16(26(4,24)25)9-19-23(17)11-14/h8-9,11H,5-7,10H2,1-4H3,(H,20,21). The third-order valence-corrected chi connectivity index (χ3v) is 5.56. The molecule has 0 saturated heterocycles. The number of aromatic nitrogens is 5. The Kier molecular flexibility index (Phi) is 5.10. The van der Waals surface area contributed by atoms with Gasteiger partial charge in [-0.25, -0.2) is 17.9 Å². The first kappa shape index (κ1) is 18.5. The average molecular weight is 376 g/mol. The molecule has 0 amide bonds. The maximum Gasteiger partial charge on any atom is 0.180 e. The second-order valence-electron chi connectivity index (χ2n) is 6.77. The van der Waals surface area contributed by atoms with E-state index in [-0.39, 0.29) is 4.90 Å². The fourth-order valence-electron chi connectivity index (χ4n) is 3.09. The molecule has 0 aromatic carbocycles. The van der Waals surface area contributed by atoms with Crippen LogP contribution in [0.1, 0.15) is 28.9 Å². The van der Waals surface area contributed by atoms with Crippen molar-refractivity contribution in [2.45, 2.75) is 38.1 Å². The van der Waals surface area contributed by atoms with Crippen LogP contribution in [0, 0.1) is 13.8 Å². The highest BCUT2D eigenvalue weighted by Crippen LogP contribution is 2.16. The van der Waals surface area contributed by atoms with Crippen molar-refractivity contribution >= 4 is 15.5 Å². The van der Waals surface area contributed by atoms with Gasteiger partial charge in [0, 0.05) is 36.5 Å². The minimum atomic E-state index is -3.33. The molecule has 3 aromatic rings. The molecule has 0 saturated carbocycles. The lowest BCUT2D eigenvalue weighted by Crippen LogP contribution is -2.20. The van der Waals surface area contributed by atoms with E-state index in [1.165, 1.54) is 16.3 Å². The van der Waals surface area contributed by atoms with Crippen molar-refractivity contribution in [1.82, 2.24) is 29.7 Å². The second kappa shape index (κ2) is 7.16. The number of sulfone groups is 1. The minimum Gasteiger partial charge on any atom is -0.302 e.